The monoisotopic (exact) mass is 401 g/mol. The molecule has 2 aliphatic heterocycles. The van der Waals surface area contributed by atoms with Crippen LogP contribution in [0.2, 0.25) is 0 Å². The number of rotatable bonds is 6. The van der Waals surface area contributed by atoms with E-state index in [2.05, 4.69) is 0 Å². The number of carbonyl (C=O) groups excluding carboxylic acids is 3. The van der Waals surface area contributed by atoms with Crippen LogP contribution in [-0.4, -0.2) is 72.2 Å². The summed E-state index contributed by atoms with van der Waals surface area (Å²) in [6.45, 7) is 1.47. The fourth-order valence-electron chi connectivity index (χ4n) is 5.21. The first kappa shape index (κ1) is 20.0. The summed E-state index contributed by atoms with van der Waals surface area (Å²) in [7, 11) is 3.72. The van der Waals surface area contributed by atoms with E-state index in [0.717, 1.165) is 19.3 Å². The summed E-state index contributed by atoms with van der Waals surface area (Å²) >= 11 is 0. The van der Waals surface area contributed by atoms with E-state index >= 15 is 0 Å². The molecule has 3 amide bonds. The number of carbonyl (C=O) groups is 3. The Kier molecular flexibility index (Phi) is 5.19. The quantitative estimate of drug-likeness (QED) is 0.682. The molecule has 0 aromatic heterocycles. The molecule has 156 valence electrons. The lowest BCUT2D eigenvalue weighted by Gasteiger charge is -2.32. The number of halogens is 1. The van der Waals surface area contributed by atoms with Crippen molar-refractivity contribution < 1.29 is 18.8 Å². The Morgan fingerprint density at radius 2 is 2.00 bits per heavy atom. The molecule has 3 unspecified atom stereocenters. The van der Waals surface area contributed by atoms with Crippen molar-refractivity contribution in [2.24, 2.45) is 5.92 Å². The van der Waals surface area contributed by atoms with Gasteiger partial charge in [0, 0.05) is 44.1 Å². The predicted octanol–water partition coefficient (Wildman–Crippen LogP) is 1.79. The molecular formula is C22H28FN3O3. The second-order valence-electron chi connectivity index (χ2n) is 8.95. The highest BCUT2D eigenvalue weighted by molar-refractivity contribution is 6.10. The number of imide groups is 1. The molecule has 0 radical (unpaired) electrons. The average molecular weight is 401 g/mol. The molecule has 1 saturated carbocycles. The molecule has 2 bridgehead atoms. The van der Waals surface area contributed by atoms with Gasteiger partial charge in [0.2, 0.25) is 17.7 Å². The summed E-state index contributed by atoms with van der Waals surface area (Å²) in [6.07, 6.45) is 2.84. The van der Waals surface area contributed by atoms with E-state index in [1.54, 1.807) is 18.2 Å². The highest BCUT2D eigenvalue weighted by atomic mass is 19.1. The van der Waals surface area contributed by atoms with E-state index in [-0.39, 0.29) is 42.8 Å². The van der Waals surface area contributed by atoms with Crippen LogP contribution in [0.3, 0.4) is 0 Å². The molecule has 0 spiro atoms. The van der Waals surface area contributed by atoms with E-state index < -0.39 is 17.1 Å². The maximum absolute atomic E-state index is 14.8. The van der Waals surface area contributed by atoms with E-state index in [1.165, 1.54) is 11.0 Å². The normalized spacial score (nSPS) is 28.8. The number of piperidine rings is 1. The molecule has 6 nitrogen and oxygen atoms in total. The van der Waals surface area contributed by atoms with Crippen LogP contribution in [0.15, 0.2) is 24.3 Å². The molecule has 1 aromatic rings. The van der Waals surface area contributed by atoms with E-state index in [4.69, 9.17) is 0 Å². The van der Waals surface area contributed by atoms with E-state index in [1.807, 2.05) is 23.9 Å². The van der Waals surface area contributed by atoms with Gasteiger partial charge in [0.15, 0.2) is 0 Å². The molecular weight excluding hydrogens is 373 g/mol. The molecule has 29 heavy (non-hydrogen) atoms. The molecule has 2 heterocycles. The van der Waals surface area contributed by atoms with Crippen LogP contribution in [0, 0.1) is 11.7 Å². The summed E-state index contributed by atoms with van der Waals surface area (Å²) in [5.74, 6) is -0.941. The molecule has 0 N–H and O–H groups in total. The Balaban J connectivity index is 1.66. The molecule has 1 aromatic carbocycles. The van der Waals surface area contributed by atoms with Gasteiger partial charge < -0.3 is 9.80 Å². The number of hydrogen-bond acceptors (Lipinski definition) is 4. The molecule has 3 fully saturated rings. The molecule has 1 aliphatic carbocycles. The van der Waals surface area contributed by atoms with Crippen LogP contribution in [0.25, 0.3) is 0 Å². The highest BCUT2D eigenvalue weighted by Gasteiger charge is 2.55. The molecule has 4 rings (SSSR count). The fourth-order valence-corrected chi connectivity index (χ4v) is 5.21. The van der Waals surface area contributed by atoms with Gasteiger partial charge in [-0.1, -0.05) is 18.2 Å². The van der Waals surface area contributed by atoms with Gasteiger partial charge in [-0.3, -0.25) is 19.3 Å². The third-order valence-electron chi connectivity index (χ3n) is 6.75. The van der Waals surface area contributed by atoms with Crippen LogP contribution in [0.4, 0.5) is 4.39 Å². The highest BCUT2D eigenvalue weighted by Crippen LogP contribution is 2.43. The summed E-state index contributed by atoms with van der Waals surface area (Å²) in [4.78, 5) is 44.4. The van der Waals surface area contributed by atoms with Crippen LogP contribution in [-0.2, 0) is 19.8 Å². The van der Waals surface area contributed by atoms with Crippen molar-refractivity contribution in [3.05, 3.63) is 35.6 Å². The third-order valence-corrected chi connectivity index (χ3v) is 6.75. The van der Waals surface area contributed by atoms with Crippen LogP contribution < -0.4 is 0 Å². The Bertz CT molecular complexity index is 842. The maximum atomic E-state index is 14.8. The van der Waals surface area contributed by atoms with Crippen molar-refractivity contribution in [1.82, 2.24) is 14.7 Å². The largest absolute Gasteiger partial charge is 0.339 e. The Morgan fingerprint density at radius 1 is 1.24 bits per heavy atom. The Hall–Kier alpha value is -2.28. The number of nitrogens with zero attached hydrogens (tertiary/aromatic N) is 3. The van der Waals surface area contributed by atoms with Crippen molar-refractivity contribution in [3.63, 3.8) is 0 Å². The molecule has 3 atom stereocenters. The number of likely N-dealkylation sites (tertiary alicyclic amines) is 2. The van der Waals surface area contributed by atoms with E-state index in [9.17, 15) is 18.8 Å². The third kappa shape index (κ3) is 3.45. The van der Waals surface area contributed by atoms with Gasteiger partial charge >= 0.3 is 0 Å². The molecule has 7 heteroatoms. The zero-order valence-electron chi connectivity index (χ0n) is 17.1. The summed E-state index contributed by atoms with van der Waals surface area (Å²) < 4.78 is 14.8. The van der Waals surface area contributed by atoms with Gasteiger partial charge in [0.25, 0.3) is 0 Å². The van der Waals surface area contributed by atoms with Gasteiger partial charge in [0.1, 0.15) is 5.82 Å². The van der Waals surface area contributed by atoms with Crippen LogP contribution >= 0.6 is 0 Å². The number of amides is 3. The zero-order valence-corrected chi connectivity index (χ0v) is 17.1. The van der Waals surface area contributed by atoms with Gasteiger partial charge in [-0.15, -0.1) is 0 Å². The van der Waals surface area contributed by atoms with Crippen molar-refractivity contribution in [2.75, 3.05) is 33.7 Å². The SMILES string of the molecule is CN(C)CCN1C(=O)CC(CC(=O)N2CC3CCC2C3)(c2ccccc2F)C1=O. The summed E-state index contributed by atoms with van der Waals surface area (Å²) in [6, 6.07) is 6.27. The van der Waals surface area contributed by atoms with Crippen LogP contribution in [0.5, 0.6) is 0 Å². The molecule has 2 saturated heterocycles. The topological polar surface area (TPSA) is 60.9 Å². The van der Waals surface area contributed by atoms with Crippen molar-refractivity contribution >= 4 is 17.7 Å². The van der Waals surface area contributed by atoms with Crippen molar-refractivity contribution in [2.45, 2.75) is 43.6 Å². The number of hydrogen-bond donors (Lipinski definition) is 0. The number of fused-ring (bicyclic) bond motifs is 2. The molecule has 3 aliphatic rings. The minimum absolute atomic E-state index is 0.143. The van der Waals surface area contributed by atoms with Crippen LogP contribution in [0.1, 0.15) is 37.7 Å². The Morgan fingerprint density at radius 3 is 2.62 bits per heavy atom. The van der Waals surface area contributed by atoms with Gasteiger partial charge in [0.05, 0.1) is 5.41 Å². The standard InChI is InChI=1S/C22H28FN3O3/c1-24(2)9-10-25-19(27)12-22(21(25)29,17-5-3-4-6-18(17)23)13-20(28)26-14-15-7-8-16(26)11-15/h3-6,15-16H,7-14H2,1-2H3. The van der Waals surface area contributed by atoms with Gasteiger partial charge in [-0.05, 0) is 45.3 Å². The lowest BCUT2D eigenvalue weighted by Crippen LogP contribution is -2.46. The van der Waals surface area contributed by atoms with Crippen molar-refractivity contribution in [3.8, 4) is 0 Å². The first-order valence-corrected chi connectivity index (χ1v) is 10.4. The lowest BCUT2D eigenvalue weighted by atomic mass is 9.75. The maximum Gasteiger partial charge on any atom is 0.241 e. The summed E-state index contributed by atoms with van der Waals surface area (Å²) in [5.41, 5.74) is -1.29. The van der Waals surface area contributed by atoms with E-state index in [0.29, 0.717) is 19.0 Å². The number of benzene rings is 1. The van der Waals surface area contributed by atoms with Gasteiger partial charge in [-0.2, -0.15) is 0 Å². The summed E-state index contributed by atoms with van der Waals surface area (Å²) in [5, 5.41) is 0. The first-order valence-electron chi connectivity index (χ1n) is 10.4. The second-order valence-corrected chi connectivity index (χ2v) is 8.95. The first-order chi connectivity index (χ1) is 13.8. The minimum atomic E-state index is -1.45. The smallest absolute Gasteiger partial charge is 0.241 e. The van der Waals surface area contributed by atoms with Crippen molar-refractivity contribution in [1.29, 1.82) is 0 Å². The number of likely N-dealkylation sites (N-methyl/N-ethyl adjacent to an activating group) is 1. The Labute approximate surface area is 170 Å². The minimum Gasteiger partial charge on any atom is -0.339 e. The lowest BCUT2D eigenvalue weighted by molar-refractivity contribution is -0.143. The van der Waals surface area contributed by atoms with Gasteiger partial charge in [-0.25, -0.2) is 4.39 Å². The fraction of sp³-hybridized carbons (Fsp3) is 0.591. The average Bonchev–Trinajstić information content (AvgIpc) is 3.36. The zero-order chi connectivity index (χ0) is 20.8. The second kappa shape index (κ2) is 7.52. The predicted molar refractivity (Wildman–Crippen MR) is 105 cm³/mol.